The lowest BCUT2D eigenvalue weighted by molar-refractivity contribution is -0.212. The van der Waals surface area contributed by atoms with Gasteiger partial charge in [-0.2, -0.15) is 0 Å². The molecule has 106 valence electrons. The molecule has 2 N–H and O–H groups in total. The number of rotatable bonds is 3. The van der Waals surface area contributed by atoms with Gasteiger partial charge in [0.1, 0.15) is 12.6 Å². The van der Waals surface area contributed by atoms with E-state index < -0.39 is 17.9 Å². The summed E-state index contributed by atoms with van der Waals surface area (Å²) in [4.78, 5) is 22.1. The number of aliphatic carboxylic acids is 1. The first-order valence-electron chi connectivity index (χ1n) is 6.52. The Morgan fingerprint density at radius 2 is 2.25 bits per heavy atom. The van der Waals surface area contributed by atoms with Crippen LogP contribution in [0.1, 0.15) is 29.2 Å². The molecule has 1 heterocycles. The largest absolute Gasteiger partial charge is 0.481 e. The number of aryl methyl sites for hydroxylation is 1. The normalized spacial score (nSPS) is 24.4. The monoisotopic (exact) mass is 277 g/mol. The predicted molar refractivity (Wildman–Crippen MR) is 67.2 cm³/mol. The number of morpholine rings is 1. The zero-order valence-corrected chi connectivity index (χ0v) is 10.8. The number of fused-ring (bicyclic) bond motifs is 3. The molecule has 3 rings (SSSR count). The van der Waals surface area contributed by atoms with Crippen LogP contribution in [0, 0.1) is 0 Å². The van der Waals surface area contributed by atoms with Crippen molar-refractivity contribution in [1.82, 2.24) is 5.06 Å². The van der Waals surface area contributed by atoms with Gasteiger partial charge < -0.3 is 9.84 Å². The summed E-state index contributed by atoms with van der Waals surface area (Å²) in [6, 6.07) is 5.21. The fraction of sp³-hybridized carbons (Fsp3) is 0.429. The Labute approximate surface area is 115 Å². The van der Waals surface area contributed by atoms with Crippen LogP contribution in [0.3, 0.4) is 0 Å². The maximum absolute atomic E-state index is 11.5. The third kappa shape index (κ3) is 2.17. The highest BCUT2D eigenvalue weighted by Gasteiger charge is 2.43. The Morgan fingerprint density at radius 3 is 3.00 bits per heavy atom. The molecule has 1 aliphatic carbocycles. The first kappa shape index (κ1) is 13.1. The maximum Gasteiger partial charge on any atom is 0.303 e. The van der Waals surface area contributed by atoms with Crippen LogP contribution in [-0.4, -0.2) is 40.0 Å². The van der Waals surface area contributed by atoms with E-state index in [0.717, 1.165) is 21.8 Å². The van der Waals surface area contributed by atoms with Crippen LogP contribution in [0.5, 0.6) is 0 Å². The van der Waals surface area contributed by atoms with Gasteiger partial charge >= 0.3 is 5.97 Å². The highest BCUT2D eigenvalue weighted by atomic mass is 16.6. The lowest BCUT2D eigenvalue weighted by atomic mass is 10.0. The maximum atomic E-state index is 11.5. The highest BCUT2D eigenvalue weighted by molar-refractivity contribution is 5.78. The highest BCUT2D eigenvalue weighted by Crippen LogP contribution is 2.39. The number of hydrogen-bond acceptors (Lipinski definition) is 4. The van der Waals surface area contributed by atoms with Gasteiger partial charge in [0.25, 0.3) is 5.91 Å². The van der Waals surface area contributed by atoms with E-state index in [4.69, 9.17) is 9.84 Å². The number of carboxylic acid groups (broad SMARTS) is 1. The molecule has 0 saturated carbocycles. The van der Waals surface area contributed by atoms with Gasteiger partial charge in [-0.15, -0.1) is 0 Å². The van der Waals surface area contributed by atoms with Crippen molar-refractivity contribution >= 4 is 11.9 Å². The van der Waals surface area contributed by atoms with E-state index in [9.17, 15) is 14.8 Å². The number of hydrogen-bond donors (Lipinski definition) is 2. The summed E-state index contributed by atoms with van der Waals surface area (Å²) in [5.74, 6) is -1.29. The summed E-state index contributed by atoms with van der Waals surface area (Å²) < 4.78 is 5.46. The molecule has 0 aromatic heterocycles. The zero-order chi connectivity index (χ0) is 14.3. The molecule has 1 aromatic rings. The van der Waals surface area contributed by atoms with Crippen molar-refractivity contribution in [2.75, 3.05) is 6.61 Å². The molecule has 1 aromatic carbocycles. The van der Waals surface area contributed by atoms with Crippen molar-refractivity contribution in [3.63, 3.8) is 0 Å². The molecular formula is C14H15NO5. The molecule has 0 bridgehead atoms. The van der Waals surface area contributed by atoms with Crippen LogP contribution < -0.4 is 0 Å². The van der Waals surface area contributed by atoms with Crippen LogP contribution in [0.4, 0.5) is 0 Å². The molecule has 1 aliphatic heterocycles. The van der Waals surface area contributed by atoms with Crippen molar-refractivity contribution in [3.05, 3.63) is 34.9 Å². The summed E-state index contributed by atoms with van der Waals surface area (Å²) in [5.41, 5.74) is 2.78. The van der Waals surface area contributed by atoms with Gasteiger partial charge in [0, 0.05) is 12.8 Å². The standard InChI is InChI=1S/C14H15NO5/c16-12-7-20-11-6-9-3-1-8(2-4-13(17)18)5-10(9)14(11)15(12)19/h1,3,5,11,14,19H,2,4,6-7H2,(H,17,18). The van der Waals surface area contributed by atoms with E-state index in [1.54, 1.807) is 0 Å². The number of amides is 1. The Balaban J connectivity index is 1.88. The van der Waals surface area contributed by atoms with Crippen molar-refractivity contribution in [1.29, 1.82) is 0 Å². The van der Waals surface area contributed by atoms with Gasteiger partial charge in [-0.05, 0) is 23.1 Å². The Kier molecular flexibility index (Phi) is 3.19. The van der Waals surface area contributed by atoms with E-state index >= 15 is 0 Å². The molecule has 2 aliphatic rings. The first-order valence-corrected chi connectivity index (χ1v) is 6.52. The molecule has 6 heteroatoms. The Bertz CT molecular complexity index is 571. The topological polar surface area (TPSA) is 87.1 Å². The number of benzene rings is 1. The van der Waals surface area contributed by atoms with E-state index in [2.05, 4.69) is 0 Å². The van der Waals surface area contributed by atoms with E-state index in [1.165, 1.54) is 0 Å². The average molecular weight is 277 g/mol. The molecule has 0 spiro atoms. The molecule has 1 saturated heterocycles. The van der Waals surface area contributed by atoms with E-state index in [1.807, 2.05) is 18.2 Å². The second-order valence-corrected chi connectivity index (χ2v) is 5.16. The summed E-state index contributed by atoms with van der Waals surface area (Å²) in [6.07, 6.45) is 0.928. The van der Waals surface area contributed by atoms with Gasteiger partial charge in [-0.25, -0.2) is 5.06 Å². The number of hydroxylamine groups is 2. The van der Waals surface area contributed by atoms with E-state index in [-0.39, 0.29) is 19.1 Å². The van der Waals surface area contributed by atoms with Gasteiger partial charge in [0.05, 0.1) is 6.10 Å². The summed E-state index contributed by atoms with van der Waals surface area (Å²) in [7, 11) is 0. The Hall–Kier alpha value is -1.92. The molecule has 20 heavy (non-hydrogen) atoms. The van der Waals surface area contributed by atoms with Crippen LogP contribution >= 0.6 is 0 Å². The fourth-order valence-electron chi connectivity index (χ4n) is 2.88. The number of carbonyl (C=O) groups is 2. The molecule has 0 radical (unpaired) electrons. The first-order chi connectivity index (χ1) is 9.56. The SMILES string of the molecule is O=C(O)CCc1ccc2c(c1)C1C(C2)OCC(=O)N1O. The number of ether oxygens (including phenoxy) is 1. The van der Waals surface area contributed by atoms with Crippen molar-refractivity contribution in [3.8, 4) is 0 Å². The molecule has 2 unspecified atom stereocenters. The number of carboxylic acids is 1. The minimum absolute atomic E-state index is 0.0607. The number of nitrogens with zero attached hydrogens (tertiary/aromatic N) is 1. The summed E-state index contributed by atoms with van der Waals surface area (Å²) in [6.45, 7) is -0.0997. The quantitative estimate of drug-likeness (QED) is 0.802. The van der Waals surface area contributed by atoms with Crippen LogP contribution in [-0.2, 0) is 27.2 Å². The summed E-state index contributed by atoms with van der Waals surface area (Å²) >= 11 is 0. The van der Waals surface area contributed by atoms with Gasteiger partial charge in [-0.1, -0.05) is 18.2 Å². The number of carbonyl (C=O) groups excluding carboxylic acids is 1. The minimum Gasteiger partial charge on any atom is -0.481 e. The molecule has 2 atom stereocenters. The van der Waals surface area contributed by atoms with Crippen LogP contribution in [0.15, 0.2) is 18.2 Å². The minimum atomic E-state index is -0.844. The van der Waals surface area contributed by atoms with Gasteiger partial charge in [0.2, 0.25) is 0 Å². The Morgan fingerprint density at radius 1 is 1.45 bits per heavy atom. The second kappa shape index (κ2) is 4.88. The third-order valence-electron chi connectivity index (χ3n) is 3.87. The van der Waals surface area contributed by atoms with Crippen molar-refractivity contribution in [2.45, 2.75) is 31.4 Å². The molecular weight excluding hydrogens is 262 g/mol. The average Bonchev–Trinajstić information content (AvgIpc) is 2.79. The van der Waals surface area contributed by atoms with Gasteiger partial charge in [0.15, 0.2) is 0 Å². The van der Waals surface area contributed by atoms with E-state index in [0.29, 0.717) is 12.8 Å². The second-order valence-electron chi connectivity index (χ2n) is 5.16. The van der Waals surface area contributed by atoms with Crippen molar-refractivity contribution in [2.24, 2.45) is 0 Å². The molecule has 1 amide bonds. The van der Waals surface area contributed by atoms with Crippen LogP contribution in [0.25, 0.3) is 0 Å². The molecule has 1 fully saturated rings. The van der Waals surface area contributed by atoms with Gasteiger partial charge in [-0.3, -0.25) is 14.8 Å². The smallest absolute Gasteiger partial charge is 0.303 e. The third-order valence-corrected chi connectivity index (χ3v) is 3.87. The lowest BCUT2D eigenvalue weighted by Gasteiger charge is -2.33. The lowest BCUT2D eigenvalue weighted by Crippen LogP contribution is -2.45. The fourth-order valence-corrected chi connectivity index (χ4v) is 2.88. The summed E-state index contributed by atoms with van der Waals surface area (Å²) in [5, 5.41) is 19.4. The predicted octanol–water partition coefficient (Wildman–Crippen LogP) is 0.918. The van der Waals surface area contributed by atoms with Crippen molar-refractivity contribution < 1.29 is 24.6 Å². The zero-order valence-electron chi connectivity index (χ0n) is 10.8. The molecule has 6 nitrogen and oxygen atoms in total. The van der Waals surface area contributed by atoms with Crippen LogP contribution in [0.2, 0.25) is 0 Å².